The topological polar surface area (TPSA) is 154 Å². The molecule has 0 radical (unpaired) electrons. The van der Waals surface area contributed by atoms with E-state index in [0.29, 0.717) is 35.9 Å². The van der Waals surface area contributed by atoms with Gasteiger partial charge in [-0.3, -0.25) is 9.52 Å². The summed E-state index contributed by atoms with van der Waals surface area (Å²) in [6.07, 6.45) is 4.30. The molecule has 12 heteroatoms. The maximum atomic E-state index is 14.4. The molecule has 3 aliphatic rings. The third-order valence-electron chi connectivity index (χ3n) is 7.24. The maximum absolute atomic E-state index is 14.4. The van der Waals surface area contributed by atoms with Crippen LogP contribution in [0, 0.1) is 11.8 Å². The third-order valence-corrected chi connectivity index (χ3v) is 9.17. The summed E-state index contributed by atoms with van der Waals surface area (Å²) in [7, 11) is -7.99. The molecule has 208 valence electrons. The Labute approximate surface area is 228 Å². The zero-order chi connectivity index (χ0) is 28.2. The molecule has 5 rings (SSSR count). The molecule has 0 bridgehead atoms. The Balaban J connectivity index is 1.62. The molecule has 0 aromatic heterocycles. The summed E-state index contributed by atoms with van der Waals surface area (Å²) < 4.78 is 55.9. The van der Waals surface area contributed by atoms with Crippen LogP contribution in [0.3, 0.4) is 0 Å². The second-order valence-electron chi connectivity index (χ2n) is 10.9. The highest BCUT2D eigenvalue weighted by atomic mass is 32.2. The van der Waals surface area contributed by atoms with Crippen molar-refractivity contribution in [3.8, 4) is 0 Å². The number of hydrogen-bond acceptors (Lipinski definition) is 8. The van der Waals surface area contributed by atoms with Gasteiger partial charge in [-0.1, -0.05) is 38.1 Å². The van der Waals surface area contributed by atoms with Gasteiger partial charge in [-0.25, -0.2) is 8.42 Å². The molecular formula is C27H32N4O6S2. The SMILES string of the molecule is CC(C)CCC1(NCC2CC2)C(=O)C(C2=NS(=O)(=O)c3cc(NS(C)(=O)=O)ccc3N2)=C(O)c2ccccc21. The molecule has 0 spiro atoms. The molecule has 1 fully saturated rings. The minimum atomic E-state index is -4.35. The molecule has 4 N–H and O–H groups in total. The number of carbonyl (C=O) groups excluding carboxylic acids is 1. The van der Waals surface area contributed by atoms with E-state index in [1.807, 2.05) is 12.1 Å². The maximum Gasteiger partial charge on any atom is 0.286 e. The van der Waals surface area contributed by atoms with Gasteiger partial charge in [0.05, 0.1) is 11.9 Å². The lowest BCUT2D eigenvalue weighted by Crippen LogP contribution is -2.54. The van der Waals surface area contributed by atoms with Crippen LogP contribution in [-0.4, -0.2) is 46.4 Å². The van der Waals surface area contributed by atoms with E-state index >= 15 is 0 Å². The monoisotopic (exact) mass is 572 g/mol. The zero-order valence-corrected chi connectivity index (χ0v) is 23.6. The largest absolute Gasteiger partial charge is 0.506 e. The number of hydrogen-bond donors (Lipinski definition) is 4. The van der Waals surface area contributed by atoms with Gasteiger partial charge in [-0.15, -0.1) is 4.40 Å². The van der Waals surface area contributed by atoms with Crippen molar-refractivity contribution in [3.63, 3.8) is 0 Å². The van der Waals surface area contributed by atoms with Crippen LogP contribution >= 0.6 is 0 Å². The fourth-order valence-corrected chi connectivity index (χ4v) is 6.77. The molecule has 1 saturated carbocycles. The number of anilines is 2. The lowest BCUT2D eigenvalue weighted by molar-refractivity contribution is -0.122. The van der Waals surface area contributed by atoms with Crippen molar-refractivity contribution in [2.24, 2.45) is 16.2 Å². The van der Waals surface area contributed by atoms with Gasteiger partial charge in [-0.05, 0) is 67.8 Å². The van der Waals surface area contributed by atoms with E-state index in [-0.39, 0.29) is 33.4 Å². The fraction of sp³-hybridized carbons (Fsp3) is 0.407. The van der Waals surface area contributed by atoms with Gasteiger partial charge in [0.2, 0.25) is 10.0 Å². The van der Waals surface area contributed by atoms with E-state index in [4.69, 9.17) is 0 Å². The van der Waals surface area contributed by atoms with Crippen molar-refractivity contribution >= 4 is 48.8 Å². The van der Waals surface area contributed by atoms with Crippen LogP contribution in [0.1, 0.15) is 50.7 Å². The minimum absolute atomic E-state index is 0.0574. The van der Waals surface area contributed by atoms with Gasteiger partial charge >= 0.3 is 0 Å². The number of rotatable bonds is 9. The van der Waals surface area contributed by atoms with Gasteiger partial charge in [0.15, 0.2) is 11.6 Å². The average molecular weight is 573 g/mol. The lowest BCUT2D eigenvalue weighted by Gasteiger charge is -2.40. The summed E-state index contributed by atoms with van der Waals surface area (Å²) in [5, 5.41) is 17.8. The smallest absolute Gasteiger partial charge is 0.286 e. The molecule has 0 saturated heterocycles. The van der Waals surface area contributed by atoms with E-state index in [1.54, 1.807) is 12.1 Å². The quantitative estimate of drug-likeness (QED) is 0.354. The number of aliphatic hydroxyl groups excluding tert-OH is 1. The molecule has 1 atom stereocenters. The molecule has 10 nitrogen and oxygen atoms in total. The summed E-state index contributed by atoms with van der Waals surface area (Å²) in [6, 6.07) is 11.1. The summed E-state index contributed by atoms with van der Waals surface area (Å²) in [5.74, 6) is -0.286. The number of benzene rings is 2. The average Bonchev–Trinajstić information content (AvgIpc) is 3.68. The fourth-order valence-electron chi connectivity index (χ4n) is 5.06. The van der Waals surface area contributed by atoms with E-state index in [0.717, 1.165) is 31.6 Å². The summed E-state index contributed by atoms with van der Waals surface area (Å²) in [6.45, 7) is 4.78. The van der Waals surface area contributed by atoms with Crippen molar-refractivity contribution in [2.75, 3.05) is 22.8 Å². The van der Waals surface area contributed by atoms with Crippen molar-refractivity contribution in [2.45, 2.75) is 50.0 Å². The van der Waals surface area contributed by atoms with Crippen LogP contribution in [0.5, 0.6) is 0 Å². The third kappa shape index (κ3) is 5.32. The number of ketones is 1. The number of carbonyl (C=O) groups is 1. The molecule has 39 heavy (non-hydrogen) atoms. The predicted molar refractivity (Wildman–Crippen MR) is 151 cm³/mol. The highest BCUT2D eigenvalue weighted by molar-refractivity contribution is 7.92. The van der Waals surface area contributed by atoms with E-state index in [2.05, 4.69) is 33.6 Å². The van der Waals surface area contributed by atoms with Crippen LogP contribution in [-0.2, 0) is 30.4 Å². The number of amidine groups is 1. The first-order valence-electron chi connectivity index (χ1n) is 12.9. The number of aliphatic hydroxyl groups is 1. The van der Waals surface area contributed by atoms with Crippen LogP contribution in [0.4, 0.5) is 11.4 Å². The Kier molecular flexibility index (Phi) is 6.84. The second-order valence-corrected chi connectivity index (χ2v) is 14.2. The van der Waals surface area contributed by atoms with Crippen LogP contribution < -0.4 is 15.4 Å². The number of sulfonamides is 2. The molecule has 1 heterocycles. The van der Waals surface area contributed by atoms with Gasteiger partial charge in [0, 0.05) is 11.3 Å². The van der Waals surface area contributed by atoms with Crippen LogP contribution in [0.25, 0.3) is 5.76 Å². The highest BCUT2D eigenvalue weighted by Gasteiger charge is 2.50. The Hall–Kier alpha value is -3.22. The van der Waals surface area contributed by atoms with E-state index < -0.39 is 31.4 Å². The van der Waals surface area contributed by atoms with Crippen molar-refractivity contribution < 1.29 is 26.7 Å². The van der Waals surface area contributed by atoms with Crippen molar-refractivity contribution in [1.82, 2.24) is 5.32 Å². The Morgan fingerprint density at radius 1 is 1.18 bits per heavy atom. The van der Waals surface area contributed by atoms with Crippen LogP contribution in [0.15, 0.2) is 57.3 Å². The van der Waals surface area contributed by atoms with Gasteiger partial charge in [0.1, 0.15) is 21.8 Å². The molecule has 1 unspecified atom stereocenters. The molecule has 0 amide bonds. The predicted octanol–water partition coefficient (Wildman–Crippen LogP) is 3.75. The number of nitrogens with zero attached hydrogens (tertiary/aromatic N) is 1. The number of nitrogens with one attached hydrogen (secondary N) is 3. The van der Waals surface area contributed by atoms with Gasteiger partial charge in [0.25, 0.3) is 10.0 Å². The van der Waals surface area contributed by atoms with Gasteiger partial charge in [-0.2, -0.15) is 8.42 Å². The molecule has 1 aliphatic heterocycles. The Morgan fingerprint density at radius 2 is 1.90 bits per heavy atom. The van der Waals surface area contributed by atoms with Crippen molar-refractivity contribution in [3.05, 3.63) is 59.2 Å². The summed E-state index contributed by atoms with van der Waals surface area (Å²) >= 11 is 0. The van der Waals surface area contributed by atoms with E-state index in [1.165, 1.54) is 12.1 Å². The summed E-state index contributed by atoms with van der Waals surface area (Å²) in [5.41, 5.74) is -0.0870. The van der Waals surface area contributed by atoms with Crippen molar-refractivity contribution in [1.29, 1.82) is 0 Å². The molecular weight excluding hydrogens is 540 g/mol. The molecule has 2 aliphatic carbocycles. The second kappa shape index (κ2) is 9.76. The standard InChI is InChI=1S/C27H32N4O6S2/c1-16(2)12-13-27(28-15-17-8-9-17)20-7-5-4-6-19(20)24(32)23(25(27)33)26-29-21-11-10-18(30-38(3,34)35)14-22(21)39(36,37)31-26/h4-7,10-11,14,16-17,28,30,32H,8-9,12-13,15H2,1-3H3,(H,29,31). The molecule has 2 aromatic carbocycles. The number of fused-ring (bicyclic) bond motifs is 2. The first-order valence-corrected chi connectivity index (χ1v) is 16.2. The minimum Gasteiger partial charge on any atom is -0.506 e. The normalized spacial score (nSPS) is 22.2. The summed E-state index contributed by atoms with van der Waals surface area (Å²) in [4.78, 5) is 14.2. The lowest BCUT2D eigenvalue weighted by atomic mass is 9.71. The van der Waals surface area contributed by atoms with Crippen LogP contribution in [0.2, 0.25) is 0 Å². The van der Waals surface area contributed by atoms with Gasteiger partial charge < -0.3 is 15.7 Å². The Bertz CT molecular complexity index is 1620. The molecule has 2 aromatic rings. The Morgan fingerprint density at radius 3 is 2.56 bits per heavy atom. The number of Topliss-reactive ketones (excluding diaryl/α,β-unsaturated/α-hetero) is 1. The zero-order valence-electron chi connectivity index (χ0n) is 22.0. The first-order chi connectivity index (χ1) is 18.3. The van der Waals surface area contributed by atoms with E-state index in [9.17, 15) is 26.7 Å². The first kappa shape index (κ1) is 27.4. The highest BCUT2D eigenvalue weighted by Crippen LogP contribution is 2.44.